The predicted octanol–water partition coefficient (Wildman–Crippen LogP) is 4.74. The number of hydrogen-bond donors (Lipinski definition) is 1. The number of hydrogen-bond acceptors (Lipinski definition) is 1. The summed E-state index contributed by atoms with van der Waals surface area (Å²) in [5.74, 6) is 1.15. The van der Waals surface area contributed by atoms with Crippen molar-refractivity contribution in [2.24, 2.45) is 11.8 Å². The predicted molar refractivity (Wildman–Crippen MR) is 77.2 cm³/mol. The van der Waals surface area contributed by atoms with Gasteiger partial charge in [-0.15, -0.1) is 0 Å². The highest BCUT2D eigenvalue weighted by atomic mass is 16.3. The van der Waals surface area contributed by atoms with E-state index in [9.17, 15) is 5.11 Å². The Morgan fingerprint density at radius 3 is 2.44 bits per heavy atom. The molecule has 1 aromatic carbocycles. The smallest absolute Gasteiger partial charge is 0.122 e. The Bertz CT molecular complexity index is 506. The molecule has 0 saturated carbocycles. The van der Waals surface area contributed by atoms with Gasteiger partial charge in [-0.25, -0.2) is 0 Å². The van der Waals surface area contributed by atoms with Crippen LogP contribution in [-0.4, -0.2) is 5.11 Å². The summed E-state index contributed by atoms with van der Waals surface area (Å²) < 4.78 is 0. The highest BCUT2D eigenvalue weighted by molar-refractivity contribution is 5.62. The van der Waals surface area contributed by atoms with Crippen LogP contribution in [0.4, 0.5) is 0 Å². The van der Waals surface area contributed by atoms with Gasteiger partial charge in [0.1, 0.15) is 5.76 Å². The van der Waals surface area contributed by atoms with E-state index in [2.05, 4.69) is 32.1 Å². The minimum absolute atomic E-state index is 0.273. The van der Waals surface area contributed by atoms with Gasteiger partial charge in [0.25, 0.3) is 0 Å². The molecule has 1 nitrogen and oxygen atoms in total. The first-order valence-corrected chi connectivity index (χ1v) is 6.44. The summed E-state index contributed by atoms with van der Waals surface area (Å²) in [6.07, 6.45) is 6.46. The average molecular weight is 240 g/mol. The molecule has 0 spiro atoms. The minimum atomic E-state index is 0.273. The number of benzene rings is 1. The first-order valence-electron chi connectivity index (χ1n) is 6.44. The molecule has 18 heavy (non-hydrogen) atoms. The Kier molecular flexibility index (Phi) is 3.71. The topological polar surface area (TPSA) is 20.2 Å². The monoisotopic (exact) mass is 240 g/mol. The third kappa shape index (κ3) is 2.40. The van der Waals surface area contributed by atoms with Crippen molar-refractivity contribution in [1.29, 1.82) is 0 Å². The van der Waals surface area contributed by atoms with Crippen molar-refractivity contribution in [2.75, 3.05) is 0 Å². The van der Waals surface area contributed by atoms with Crippen molar-refractivity contribution in [3.63, 3.8) is 0 Å². The lowest BCUT2D eigenvalue weighted by atomic mass is 9.86. The van der Waals surface area contributed by atoms with Gasteiger partial charge in [-0.2, -0.15) is 0 Å². The highest BCUT2D eigenvalue weighted by Gasteiger charge is 2.20. The molecule has 1 aliphatic carbocycles. The Labute approximate surface area is 109 Å². The van der Waals surface area contributed by atoms with Crippen molar-refractivity contribution in [2.45, 2.75) is 20.8 Å². The third-order valence-electron chi connectivity index (χ3n) is 3.78. The van der Waals surface area contributed by atoms with Gasteiger partial charge in [-0.1, -0.05) is 68.0 Å². The maximum atomic E-state index is 10.3. The molecule has 1 aromatic rings. The van der Waals surface area contributed by atoms with Crippen LogP contribution in [-0.2, 0) is 0 Å². The summed E-state index contributed by atoms with van der Waals surface area (Å²) in [4.78, 5) is 0. The fourth-order valence-electron chi connectivity index (χ4n) is 2.41. The Hall–Kier alpha value is -1.76. The molecule has 1 aliphatic rings. The number of aliphatic hydroxyl groups is 1. The van der Waals surface area contributed by atoms with Crippen LogP contribution in [0.1, 0.15) is 26.3 Å². The number of rotatable bonds is 3. The Morgan fingerprint density at radius 1 is 1.22 bits per heavy atom. The molecule has 0 saturated heterocycles. The molecule has 0 aromatic heterocycles. The summed E-state index contributed by atoms with van der Waals surface area (Å²) >= 11 is 0. The molecule has 1 heteroatoms. The largest absolute Gasteiger partial charge is 0.507 e. The van der Waals surface area contributed by atoms with E-state index in [4.69, 9.17) is 0 Å². The van der Waals surface area contributed by atoms with Crippen LogP contribution < -0.4 is 0 Å². The molecule has 0 aliphatic heterocycles. The zero-order valence-electron chi connectivity index (χ0n) is 11.2. The van der Waals surface area contributed by atoms with Gasteiger partial charge in [0.05, 0.1) is 0 Å². The Balaban J connectivity index is 2.28. The standard InChI is InChI=1S/C17H20O/c1-12-8-7-11-16(12)13(2)14(3)17(18)15-9-5-4-6-10-15/h4-13,18H,1-3H3/b17-14-/t12-,13?/m1/s1. The summed E-state index contributed by atoms with van der Waals surface area (Å²) in [7, 11) is 0. The summed E-state index contributed by atoms with van der Waals surface area (Å²) in [6, 6.07) is 9.73. The molecule has 0 bridgehead atoms. The maximum Gasteiger partial charge on any atom is 0.122 e. The lowest BCUT2D eigenvalue weighted by Crippen LogP contribution is -2.07. The lowest BCUT2D eigenvalue weighted by molar-refractivity contribution is 0.497. The first kappa shape index (κ1) is 12.7. The van der Waals surface area contributed by atoms with E-state index in [0.29, 0.717) is 11.7 Å². The maximum absolute atomic E-state index is 10.3. The average Bonchev–Trinajstić information content (AvgIpc) is 2.83. The van der Waals surface area contributed by atoms with E-state index in [0.717, 1.165) is 11.1 Å². The molecule has 0 amide bonds. The van der Waals surface area contributed by atoms with Gasteiger partial charge < -0.3 is 5.11 Å². The van der Waals surface area contributed by atoms with Crippen molar-refractivity contribution < 1.29 is 5.11 Å². The van der Waals surface area contributed by atoms with Gasteiger partial charge in [0, 0.05) is 11.5 Å². The van der Waals surface area contributed by atoms with Crippen LogP contribution in [0.3, 0.4) is 0 Å². The van der Waals surface area contributed by atoms with E-state index in [1.807, 2.05) is 37.3 Å². The molecular weight excluding hydrogens is 220 g/mol. The third-order valence-corrected chi connectivity index (χ3v) is 3.78. The van der Waals surface area contributed by atoms with E-state index >= 15 is 0 Å². The van der Waals surface area contributed by atoms with E-state index < -0.39 is 0 Å². The number of allylic oxidation sites excluding steroid dienone is 5. The number of aliphatic hydroxyl groups excluding tert-OH is 1. The molecular formula is C17H20O. The quantitative estimate of drug-likeness (QED) is 0.756. The fraction of sp³-hybridized carbons (Fsp3) is 0.294. The molecule has 2 rings (SSSR count). The zero-order valence-corrected chi connectivity index (χ0v) is 11.2. The molecule has 0 fully saturated rings. The molecule has 1 N–H and O–H groups in total. The zero-order chi connectivity index (χ0) is 13.1. The van der Waals surface area contributed by atoms with Crippen LogP contribution in [0.5, 0.6) is 0 Å². The van der Waals surface area contributed by atoms with Crippen LogP contribution in [0.15, 0.2) is 59.7 Å². The lowest BCUT2D eigenvalue weighted by Gasteiger charge is -2.19. The van der Waals surface area contributed by atoms with Crippen LogP contribution in [0.2, 0.25) is 0 Å². The Morgan fingerprint density at radius 2 is 1.89 bits per heavy atom. The second-order valence-electron chi connectivity index (χ2n) is 4.96. The van der Waals surface area contributed by atoms with Crippen LogP contribution >= 0.6 is 0 Å². The molecule has 1 unspecified atom stereocenters. The van der Waals surface area contributed by atoms with Crippen LogP contribution in [0, 0.1) is 11.8 Å². The molecule has 0 heterocycles. The van der Waals surface area contributed by atoms with Crippen molar-refractivity contribution in [3.8, 4) is 0 Å². The van der Waals surface area contributed by atoms with Crippen molar-refractivity contribution in [3.05, 3.63) is 65.3 Å². The second-order valence-corrected chi connectivity index (χ2v) is 4.96. The van der Waals surface area contributed by atoms with Crippen molar-refractivity contribution in [1.82, 2.24) is 0 Å². The minimum Gasteiger partial charge on any atom is -0.507 e. The fourth-order valence-corrected chi connectivity index (χ4v) is 2.41. The van der Waals surface area contributed by atoms with Crippen LogP contribution in [0.25, 0.3) is 5.76 Å². The van der Waals surface area contributed by atoms with Crippen molar-refractivity contribution >= 4 is 5.76 Å². The first-order chi connectivity index (χ1) is 8.61. The van der Waals surface area contributed by atoms with Gasteiger partial charge >= 0.3 is 0 Å². The molecule has 0 radical (unpaired) electrons. The summed E-state index contributed by atoms with van der Waals surface area (Å²) in [5.41, 5.74) is 3.29. The molecule has 94 valence electrons. The van der Waals surface area contributed by atoms with Gasteiger partial charge in [-0.3, -0.25) is 0 Å². The second kappa shape index (κ2) is 5.26. The van der Waals surface area contributed by atoms with E-state index in [-0.39, 0.29) is 5.92 Å². The van der Waals surface area contributed by atoms with Gasteiger partial charge in [0.2, 0.25) is 0 Å². The normalized spacial score (nSPS) is 21.5. The van der Waals surface area contributed by atoms with E-state index in [1.54, 1.807) is 0 Å². The molecule has 2 atom stereocenters. The van der Waals surface area contributed by atoms with Gasteiger partial charge in [-0.05, 0) is 18.4 Å². The summed E-state index contributed by atoms with van der Waals surface area (Å²) in [6.45, 7) is 6.36. The van der Waals surface area contributed by atoms with E-state index in [1.165, 1.54) is 5.57 Å². The SMILES string of the molecule is C/C(=C(/O)c1ccccc1)C(C)C1=CC=C[C@H]1C. The summed E-state index contributed by atoms with van der Waals surface area (Å²) in [5, 5.41) is 10.3. The highest BCUT2D eigenvalue weighted by Crippen LogP contribution is 2.33. The van der Waals surface area contributed by atoms with Gasteiger partial charge in [0.15, 0.2) is 0 Å².